The van der Waals surface area contributed by atoms with Crippen molar-refractivity contribution in [3.05, 3.63) is 0 Å². The second kappa shape index (κ2) is 4.47. The SMILES string of the molecule is COCSSC(C)(C)C. The van der Waals surface area contributed by atoms with Gasteiger partial charge >= 0.3 is 0 Å². The van der Waals surface area contributed by atoms with E-state index < -0.39 is 0 Å². The van der Waals surface area contributed by atoms with E-state index in [9.17, 15) is 0 Å². The summed E-state index contributed by atoms with van der Waals surface area (Å²) < 4.78 is 5.23. The molecule has 0 aromatic carbocycles. The fraction of sp³-hybridized carbons (Fsp3) is 1.00. The predicted molar refractivity (Wildman–Crippen MR) is 46.8 cm³/mol. The van der Waals surface area contributed by atoms with Gasteiger partial charge in [-0.1, -0.05) is 42.4 Å². The minimum atomic E-state index is 0.350. The Morgan fingerprint density at radius 1 is 1.33 bits per heavy atom. The zero-order valence-corrected chi connectivity index (χ0v) is 8.06. The Kier molecular flexibility index (Phi) is 4.80. The second-order valence-electron chi connectivity index (χ2n) is 2.72. The van der Waals surface area contributed by atoms with Crippen molar-refractivity contribution < 1.29 is 4.74 Å². The Morgan fingerprint density at radius 3 is 2.22 bits per heavy atom. The summed E-state index contributed by atoms with van der Waals surface area (Å²) in [5.41, 5.74) is 0. The number of methoxy groups -OCH3 is 1. The molecule has 0 aliphatic carbocycles. The van der Waals surface area contributed by atoms with Crippen molar-refractivity contribution in [2.24, 2.45) is 0 Å². The van der Waals surface area contributed by atoms with Gasteiger partial charge in [0.15, 0.2) is 0 Å². The average Bonchev–Trinajstić information content (AvgIpc) is 1.63. The maximum Gasteiger partial charge on any atom is 0.102 e. The summed E-state index contributed by atoms with van der Waals surface area (Å²) in [6, 6.07) is 0. The summed E-state index contributed by atoms with van der Waals surface area (Å²) in [6.07, 6.45) is 0. The lowest BCUT2D eigenvalue weighted by Gasteiger charge is -2.15. The fourth-order valence-corrected chi connectivity index (χ4v) is 2.24. The van der Waals surface area contributed by atoms with Crippen LogP contribution in [0, 0.1) is 0 Å². The lowest BCUT2D eigenvalue weighted by atomic mass is 10.3. The standard InChI is InChI=1S/C6H14OS2/c1-6(2,3)9-8-5-7-4/h5H2,1-4H3. The molecule has 0 amide bonds. The van der Waals surface area contributed by atoms with E-state index in [1.807, 2.05) is 10.8 Å². The molecular formula is C6H14OS2. The van der Waals surface area contributed by atoms with Crippen molar-refractivity contribution in [2.75, 3.05) is 13.0 Å². The highest BCUT2D eigenvalue weighted by Gasteiger charge is 2.09. The Bertz CT molecular complexity index is 67.9. The van der Waals surface area contributed by atoms with Crippen LogP contribution in [0.15, 0.2) is 0 Å². The fourth-order valence-electron chi connectivity index (χ4n) is 0.249. The van der Waals surface area contributed by atoms with Crippen LogP contribution in [-0.2, 0) is 4.74 Å². The van der Waals surface area contributed by atoms with Crippen LogP contribution in [0.1, 0.15) is 20.8 Å². The first-order valence-corrected chi connectivity index (χ1v) is 5.18. The van der Waals surface area contributed by atoms with Crippen molar-refractivity contribution in [3.8, 4) is 0 Å². The van der Waals surface area contributed by atoms with E-state index in [2.05, 4.69) is 20.8 Å². The van der Waals surface area contributed by atoms with Crippen molar-refractivity contribution in [1.82, 2.24) is 0 Å². The summed E-state index contributed by atoms with van der Waals surface area (Å²) in [5.74, 6) is 0.780. The molecule has 0 aromatic heterocycles. The van der Waals surface area contributed by atoms with Gasteiger partial charge in [-0.2, -0.15) is 0 Å². The minimum Gasteiger partial charge on any atom is -0.373 e. The third-order valence-corrected chi connectivity index (χ3v) is 3.57. The first-order chi connectivity index (χ1) is 4.06. The molecule has 0 unspecified atom stereocenters. The summed E-state index contributed by atoms with van der Waals surface area (Å²) in [7, 11) is 5.32. The number of rotatable bonds is 3. The van der Waals surface area contributed by atoms with Crippen molar-refractivity contribution >= 4 is 21.6 Å². The number of hydrogen-bond donors (Lipinski definition) is 0. The topological polar surface area (TPSA) is 9.23 Å². The molecule has 0 aliphatic rings. The normalized spacial score (nSPS) is 12.0. The lowest BCUT2D eigenvalue weighted by molar-refractivity contribution is 0.260. The van der Waals surface area contributed by atoms with Crippen LogP contribution in [0.3, 0.4) is 0 Å². The molecule has 0 fully saturated rings. The first-order valence-electron chi connectivity index (χ1n) is 2.86. The molecule has 56 valence electrons. The molecule has 0 aromatic rings. The highest BCUT2D eigenvalue weighted by atomic mass is 33.1. The largest absolute Gasteiger partial charge is 0.373 e. The van der Waals surface area contributed by atoms with Crippen molar-refractivity contribution in [3.63, 3.8) is 0 Å². The van der Waals surface area contributed by atoms with E-state index in [1.54, 1.807) is 17.9 Å². The van der Waals surface area contributed by atoms with Gasteiger partial charge in [-0.25, -0.2) is 0 Å². The van der Waals surface area contributed by atoms with Crippen LogP contribution >= 0.6 is 21.6 Å². The van der Waals surface area contributed by atoms with E-state index in [-0.39, 0.29) is 0 Å². The molecule has 3 heteroatoms. The van der Waals surface area contributed by atoms with Crippen LogP contribution in [-0.4, -0.2) is 17.8 Å². The number of ether oxygens (including phenoxy) is 1. The van der Waals surface area contributed by atoms with E-state index in [1.165, 1.54) is 0 Å². The molecule has 1 nitrogen and oxygen atoms in total. The summed E-state index contributed by atoms with van der Waals surface area (Å²) in [5, 5.41) is 0. The molecule has 0 bridgehead atoms. The van der Waals surface area contributed by atoms with Crippen LogP contribution < -0.4 is 0 Å². The summed E-state index contributed by atoms with van der Waals surface area (Å²) in [6.45, 7) is 6.58. The molecule has 0 aliphatic heterocycles. The van der Waals surface area contributed by atoms with Gasteiger partial charge in [-0.15, -0.1) is 0 Å². The third-order valence-electron chi connectivity index (χ3n) is 0.475. The van der Waals surface area contributed by atoms with Gasteiger partial charge in [-0.3, -0.25) is 0 Å². The van der Waals surface area contributed by atoms with E-state index in [0.717, 1.165) is 5.94 Å². The molecule has 0 rings (SSSR count). The van der Waals surface area contributed by atoms with Gasteiger partial charge in [-0.05, 0) is 0 Å². The summed E-state index contributed by atoms with van der Waals surface area (Å²) >= 11 is 0. The van der Waals surface area contributed by atoms with Gasteiger partial charge in [0.25, 0.3) is 0 Å². The quantitative estimate of drug-likeness (QED) is 0.362. The predicted octanol–water partition coefficient (Wildman–Crippen LogP) is 2.77. The molecule has 0 heterocycles. The number of hydrogen-bond acceptors (Lipinski definition) is 3. The van der Waals surface area contributed by atoms with E-state index in [0.29, 0.717) is 4.75 Å². The van der Waals surface area contributed by atoms with E-state index in [4.69, 9.17) is 4.74 Å². The molecular weight excluding hydrogens is 152 g/mol. The lowest BCUT2D eigenvalue weighted by Crippen LogP contribution is -2.04. The molecule has 0 atom stereocenters. The average molecular weight is 166 g/mol. The van der Waals surface area contributed by atoms with Gasteiger partial charge in [0.1, 0.15) is 5.94 Å². The van der Waals surface area contributed by atoms with Crippen LogP contribution in [0.4, 0.5) is 0 Å². The Labute approximate surface area is 65.3 Å². The Balaban J connectivity index is 3.07. The smallest absolute Gasteiger partial charge is 0.102 e. The van der Waals surface area contributed by atoms with Gasteiger partial charge in [0.2, 0.25) is 0 Å². The van der Waals surface area contributed by atoms with Crippen LogP contribution in [0.5, 0.6) is 0 Å². The van der Waals surface area contributed by atoms with Crippen molar-refractivity contribution in [2.45, 2.75) is 25.5 Å². The second-order valence-corrected chi connectivity index (χ2v) is 5.79. The molecule has 9 heavy (non-hydrogen) atoms. The summed E-state index contributed by atoms with van der Waals surface area (Å²) in [4.78, 5) is 0. The highest BCUT2D eigenvalue weighted by molar-refractivity contribution is 8.77. The zero-order chi connectivity index (χ0) is 7.33. The van der Waals surface area contributed by atoms with E-state index >= 15 is 0 Å². The minimum absolute atomic E-state index is 0.350. The third kappa shape index (κ3) is 8.66. The Morgan fingerprint density at radius 2 is 1.89 bits per heavy atom. The van der Waals surface area contributed by atoms with Gasteiger partial charge in [0, 0.05) is 11.9 Å². The highest BCUT2D eigenvalue weighted by Crippen LogP contribution is 2.34. The van der Waals surface area contributed by atoms with Gasteiger partial charge in [0.05, 0.1) is 0 Å². The first kappa shape index (κ1) is 9.66. The maximum absolute atomic E-state index is 4.88. The van der Waals surface area contributed by atoms with Crippen LogP contribution in [0.25, 0.3) is 0 Å². The Hall–Kier alpha value is 0.660. The van der Waals surface area contributed by atoms with Crippen LogP contribution in [0.2, 0.25) is 0 Å². The molecule has 0 saturated carbocycles. The monoisotopic (exact) mass is 166 g/mol. The van der Waals surface area contributed by atoms with Gasteiger partial charge < -0.3 is 4.74 Å². The zero-order valence-electron chi connectivity index (χ0n) is 6.43. The molecule has 0 saturated heterocycles. The van der Waals surface area contributed by atoms with Crippen molar-refractivity contribution in [1.29, 1.82) is 0 Å². The molecule has 0 radical (unpaired) electrons. The molecule has 0 spiro atoms. The maximum atomic E-state index is 4.88. The molecule has 0 N–H and O–H groups in total.